The molecule has 0 unspecified atom stereocenters. The monoisotopic (exact) mass is 328 g/mol. The van der Waals surface area contributed by atoms with Gasteiger partial charge in [-0.2, -0.15) is 13.2 Å². The lowest BCUT2D eigenvalue weighted by Gasteiger charge is -2.36. The topological polar surface area (TPSA) is 35.5 Å². The minimum atomic E-state index is -4.57. The van der Waals surface area contributed by atoms with Crippen LogP contribution in [0.25, 0.3) is 0 Å². The average molecular weight is 329 g/mol. The predicted octanol–water partition coefficient (Wildman–Crippen LogP) is 2.77. The molecule has 1 aliphatic heterocycles. The van der Waals surface area contributed by atoms with Crippen LogP contribution in [0.5, 0.6) is 5.75 Å². The molecule has 1 aromatic carbocycles. The maximum atomic E-state index is 13.4. The van der Waals surface area contributed by atoms with E-state index in [0.717, 1.165) is 12.1 Å². The number of halogens is 5. The summed E-state index contributed by atoms with van der Waals surface area (Å²) >= 11 is 0. The lowest BCUT2D eigenvalue weighted by molar-refractivity contribution is -0.188. The minimum Gasteiger partial charge on any atom is -0.507 e. The van der Waals surface area contributed by atoms with Crippen LogP contribution in [0, 0.1) is 12.7 Å². The molecule has 21 heavy (non-hydrogen) atoms. The Morgan fingerprint density at radius 2 is 1.81 bits per heavy atom. The Morgan fingerprint density at radius 1 is 1.24 bits per heavy atom. The molecule has 1 atom stereocenters. The molecule has 1 saturated heterocycles. The van der Waals surface area contributed by atoms with Crippen molar-refractivity contribution in [3.8, 4) is 5.75 Å². The SMILES string of the molecule is Cc1cc(F)cc([C@@H](N2CCNCC2)C(F)(F)F)c1O.Cl. The third-order valence-corrected chi connectivity index (χ3v) is 3.42. The lowest BCUT2D eigenvalue weighted by Crippen LogP contribution is -2.49. The van der Waals surface area contributed by atoms with E-state index < -0.39 is 29.3 Å². The second-order valence-corrected chi connectivity index (χ2v) is 4.89. The van der Waals surface area contributed by atoms with Crippen molar-refractivity contribution in [2.24, 2.45) is 0 Å². The van der Waals surface area contributed by atoms with Gasteiger partial charge in [0.1, 0.15) is 17.6 Å². The number of aryl methyl sites for hydroxylation is 1. The van der Waals surface area contributed by atoms with E-state index in [2.05, 4.69) is 5.32 Å². The van der Waals surface area contributed by atoms with Crippen LogP contribution in [0.15, 0.2) is 12.1 Å². The number of benzene rings is 1. The molecule has 3 nitrogen and oxygen atoms in total. The van der Waals surface area contributed by atoms with Crippen LogP contribution in [0.3, 0.4) is 0 Å². The van der Waals surface area contributed by atoms with Gasteiger partial charge in [-0.15, -0.1) is 12.4 Å². The van der Waals surface area contributed by atoms with Crippen LogP contribution >= 0.6 is 12.4 Å². The quantitative estimate of drug-likeness (QED) is 0.820. The van der Waals surface area contributed by atoms with Crippen LogP contribution in [0.2, 0.25) is 0 Å². The number of nitrogens with zero attached hydrogens (tertiary/aromatic N) is 1. The average Bonchev–Trinajstić information content (AvgIpc) is 2.35. The van der Waals surface area contributed by atoms with E-state index in [4.69, 9.17) is 0 Å². The first kappa shape index (κ1) is 18.0. The fraction of sp³-hybridized carbons (Fsp3) is 0.538. The summed E-state index contributed by atoms with van der Waals surface area (Å²) in [5.41, 5.74) is -0.318. The molecule has 0 spiro atoms. The molecular weight excluding hydrogens is 312 g/mol. The maximum Gasteiger partial charge on any atom is 0.408 e. The van der Waals surface area contributed by atoms with Crippen molar-refractivity contribution >= 4 is 12.4 Å². The molecule has 2 N–H and O–H groups in total. The number of aromatic hydroxyl groups is 1. The van der Waals surface area contributed by atoms with E-state index in [-0.39, 0.29) is 31.1 Å². The Hall–Kier alpha value is -1.05. The standard InChI is InChI=1S/C13H16F4N2O.ClH/c1-8-6-9(14)7-10(11(8)20)12(13(15,16)17)19-4-2-18-3-5-19;/h6-7,12,18,20H,2-5H2,1H3;1H/t12-;/m1./s1. The number of rotatable bonds is 2. The van der Waals surface area contributed by atoms with Gasteiger partial charge in [0.2, 0.25) is 0 Å². The molecular formula is C13H17ClF4N2O. The predicted molar refractivity (Wildman–Crippen MR) is 73.3 cm³/mol. The van der Waals surface area contributed by atoms with Crippen molar-refractivity contribution in [2.75, 3.05) is 26.2 Å². The fourth-order valence-electron chi connectivity index (χ4n) is 2.49. The van der Waals surface area contributed by atoms with E-state index in [1.54, 1.807) is 0 Å². The molecule has 8 heteroatoms. The highest BCUT2D eigenvalue weighted by molar-refractivity contribution is 5.85. The first-order valence-corrected chi connectivity index (χ1v) is 6.31. The number of piperazine rings is 1. The van der Waals surface area contributed by atoms with Crippen LogP contribution in [-0.2, 0) is 0 Å². The molecule has 1 aromatic rings. The molecule has 0 aliphatic carbocycles. The molecule has 120 valence electrons. The summed E-state index contributed by atoms with van der Waals surface area (Å²) in [4.78, 5) is 1.21. The van der Waals surface area contributed by atoms with Crippen molar-refractivity contribution in [1.82, 2.24) is 10.2 Å². The molecule has 1 aliphatic rings. The van der Waals surface area contributed by atoms with Gasteiger partial charge >= 0.3 is 6.18 Å². The molecule has 0 bridgehead atoms. The summed E-state index contributed by atoms with van der Waals surface area (Å²) in [5.74, 6) is -1.27. The number of nitrogens with one attached hydrogen (secondary N) is 1. The zero-order valence-corrected chi connectivity index (χ0v) is 12.2. The highest BCUT2D eigenvalue weighted by Crippen LogP contribution is 2.42. The van der Waals surface area contributed by atoms with Gasteiger partial charge in [0.25, 0.3) is 0 Å². The molecule has 0 radical (unpaired) electrons. The highest BCUT2D eigenvalue weighted by atomic mass is 35.5. The number of phenolic OH excluding ortho intramolecular Hbond substituents is 1. The third-order valence-electron chi connectivity index (χ3n) is 3.42. The first-order valence-electron chi connectivity index (χ1n) is 6.31. The second kappa shape index (κ2) is 6.81. The van der Waals surface area contributed by atoms with Gasteiger partial charge < -0.3 is 10.4 Å². The van der Waals surface area contributed by atoms with Crippen molar-refractivity contribution in [2.45, 2.75) is 19.1 Å². The van der Waals surface area contributed by atoms with E-state index in [9.17, 15) is 22.7 Å². The van der Waals surface area contributed by atoms with Gasteiger partial charge in [-0.25, -0.2) is 4.39 Å². The van der Waals surface area contributed by atoms with Crippen LogP contribution < -0.4 is 5.32 Å². The Labute approximate surface area is 126 Å². The summed E-state index contributed by atoms with van der Waals surface area (Å²) in [5, 5.41) is 12.8. The zero-order chi connectivity index (χ0) is 14.9. The van der Waals surface area contributed by atoms with Gasteiger partial charge in [0, 0.05) is 31.7 Å². The first-order chi connectivity index (χ1) is 9.30. The molecule has 0 amide bonds. The summed E-state index contributed by atoms with van der Waals surface area (Å²) in [6.45, 7) is 2.63. The van der Waals surface area contributed by atoms with Gasteiger partial charge in [-0.1, -0.05) is 0 Å². The number of alkyl halides is 3. The number of phenols is 1. The highest BCUT2D eigenvalue weighted by Gasteiger charge is 2.46. The van der Waals surface area contributed by atoms with Crippen LogP contribution in [0.4, 0.5) is 17.6 Å². The Balaban J connectivity index is 0.00000220. The van der Waals surface area contributed by atoms with E-state index in [1.165, 1.54) is 11.8 Å². The number of hydrogen-bond acceptors (Lipinski definition) is 3. The molecule has 2 rings (SSSR count). The summed E-state index contributed by atoms with van der Waals surface area (Å²) in [7, 11) is 0. The van der Waals surface area contributed by atoms with Crippen molar-refractivity contribution in [3.63, 3.8) is 0 Å². The maximum absolute atomic E-state index is 13.4. The van der Waals surface area contributed by atoms with Gasteiger partial charge in [0.15, 0.2) is 0 Å². The van der Waals surface area contributed by atoms with Crippen molar-refractivity contribution in [1.29, 1.82) is 0 Å². The van der Waals surface area contributed by atoms with Crippen molar-refractivity contribution in [3.05, 3.63) is 29.1 Å². The molecule has 1 fully saturated rings. The van der Waals surface area contributed by atoms with Crippen molar-refractivity contribution < 1.29 is 22.7 Å². The Bertz CT molecular complexity index is 490. The minimum absolute atomic E-state index is 0. The van der Waals surface area contributed by atoms with E-state index >= 15 is 0 Å². The fourth-order valence-corrected chi connectivity index (χ4v) is 2.49. The summed E-state index contributed by atoms with van der Waals surface area (Å²) in [6.07, 6.45) is -4.57. The van der Waals surface area contributed by atoms with Gasteiger partial charge in [0.05, 0.1) is 0 Å². The number of hydrogen-bond donors (Lipinski definition) is 2. The molecule has 1 heterocycles. The largest absolute Gasteiger partial charge is 0.507 e. The zero-order valence-electron chi connectivity index (χ0n) is 11.4. The van der Waals surface area contributed by atoms with Gasteiger partial charge in [-0.3, -0.25) is 4.90 Å². The normalized spacial score (nSPS) is 18.1. The summed E-state index contributed by atoms with van der Waals surface area (Å²) < 4.78 is 53.4. The third kappa shape index (κ3) is 3.99. The van der Waals surface area contributed by atoms with Gasteiger partial charge in [-0.05, 0) is 24.6 Å². The Kier molecular flexibility index (Phi) is 5.83. The lowest BCUT2D eigenvalue weighted by atomic mass is 9.99. The van der Waals surface area contributed by atoms with Crippen LogP contribution in [0.1, 0.15) is 17.2 Å². The summed E-state index contributed by atoms with van der Waals surface area (Å²) in [6, 6.07) is -0.203. The van der Waals surface area contributed by atoms with Crippen LogP contribution in [-0.4, -0.2) is 42.4 Å². The molecule has 0 aromatic heterocycles. The van der Waals surface area contributed by atoms with E-state index in [1.807, 2.05) is 0 Å². The second-order valence-electron chi connectivity index (χ2n) is 4.89. The smallest absolute Gasteiger partial charge is 0.408 e. The Morgan fingerprint density at radius 3 is 2.33 bits per heavy atom. The van der Waals surface area contributed by atoms with E-state index in [0.29, 0.717) is 13.1 Å². The molecule has 0 saturated carbocycles.